The van der Waals surface area contributed by atoms with Crippen molar-refractivity contribution in [2.45, 2.75) is 33.9 Å². The van der Waals surface area contributed by atoms with Crippen LogP contribution in [-0.4, -0.2) is 32.3 Å². The van der Waals surface area contributed by atoms with Gasteiger partial charge in [0.1, 0.15) is 23.7 Å². The fraction of sp³-hybridized carbons (Fsp3) is 0.538. The summed E-state index contributed by atoms with van der Waals surface area (Å²) in [6.45, 7) is 8.12. The van der Waals surface area contributed by atoms with Gasteiger partial charge >= 0.3 is 0 Å². The van der Waals surface area contributed by atoms with E-state index >= 15 is 0 Å². The monoisotopic (exact) mass is 435 g/mol. The van der Waals surface area contributed by atoms with E-state index in [0.717, 1.165) is 29.0 Å². The number of hydrogen-bond donors (Lipinski definition) is 2. The molecule has 0 saturated heterocycles. The van der Waals surface area contributed by atoms with Crippen molar-refractivity contribution in [3.63, 3.8) is 0 Å². The summed E-state index contributed by atoms with van der Waals surface area (Å²) < 4.78 is 1.72. The van der Waals surface area contributed by atoms with Crippen LogP contribution in [0.4, 0.5) is 0 Å². The number of guanidine groups is 1. The van der Waals surface area contributed by atoms with Gasteiger partial charge in [0.15, 0.2) is 5.96 Å². The van der Waals surface area contributed by atoms with E-state index in [4.69, 9.17) is 0 Å². The minimum atomic E-state index is 0. The zero-order valence-electron chi connectivity index (χ0n) is 13.3. The molecule has 2 aromatic heterocycles. The van der Waals surface area contributed by atoms with Gasteiger partial charge in [0.2, 0.25) is 0 Å². The molecular formula is C13H22IN7S. The number of hydrogen-bond acceptors (Lipinski definition) is 5. The predicted molar refractivity (Wildman–Crippen MR) is 99.7 cm³/mol. The highest BCUT2D eigenvalue weighted by Crippen LogP contribution is 2.15. The second kappa shape index (κ2) is 9.03. The van der Waals surface area contributed by atoms with Crippen molar-refractivity contribution in [3.05, 3.63) is 27.7 Å². The van der Waals surface area contributed by atoms with Crippen molar-refractivity contribution in [3.8, 4) is 0 Å². The van der Waals surface area contributed by atoms with Crippen LogP contribution in [0.1, 0.15) is 28.3 Å². The minimum Gasteiger partial charge on any atom is -0.357 e. The summed E-state index contributed by atoms with van der Waals surface area (Å²) in [6, 6.07) is 0. The summed E-state index contributed by atoms with van der Waals surface area (Å²) in [5.74, 6) is 1.58. The summed E-state index contributed by atoms with van der Waals surface area (Å²) in [4.78, 5) is 14.4. The maximum atomic E-state index is 4.51. The van der Waals surface area contributed by atoms with E-state index in [1.54, 1.807) is 16.0 Å². The average Bonchev–Trinajstić information content (AvgIpc) is 3.00. The highest BCUT2D eigenvalue weighted by molar-refractivity contribution is 14.0. The third-order valence-electron chi connectivity index (χ3n) is 3.01. The first-order chi connectivity index (χ1) is 10.1. The third kappa shape index (κ3) is 5.20. The van der Waals surface area contributed by atoms with E-state index in [1.165, 1.54) is 11.2 Å². The summed E-state index contributed by atoms with van der Waals surface area (Å²) in [5, 5.41) is 11.6. The molecule has 122 valence electrons. The third-order valence-corrected chi connectivity index (χ3v) is 4.08. The Morgan fingerprint density at radius 2 is 2.14 bits per heavy atom. The number of nitrogens with zero attached hydrogens (tertiary/aromatic N) is 5. The molecule has 22 heavy (non-hydrogen) atoms. The molecule has 0 aliphatic rings. The normalized spacial score (nSPS) is 11.2. The second-order valence-corrected chi connectivity index (χ2v) is 5.89. The van der Waals surface area contributed by atoms with Crippen LogP contribution < -0.4 is 10.6 Å². The van der Waals surface area contributed by atoms with E-state index in [9.17, 15) is 0 Å². The molecule has 0 radical (unpaired) electrons. The molecule has 0 spiro atoms. The number of thiazole rings is 1. The van der Waals surface area contributed by atoms with Gasteiger partial charge in [-0.25, -0.2) is 15.0 Å². The highest BCUT2D eigenvalue weighted by Gasteiger charge is 2.05. The van der Waals surface area contributed by atoms with Gasteiger partial charge in [0.25, 0.3) is 0 Å². The van der Waals surface area contributed by atoms with Gasteiger partial charge in [0, 0.05) is 18.5 Å². The maximum Gasteiger partial charge on any atom is 0.192 e. The van der Waals surface area contributed by atoms with Crippen molar-refractivity contribution in [1.82, 2.24) is 30.4 Å². The largest absolute Gasteiger partial charge is 0.357 e. The number of rotatable bonds is 5. The van der Waals surface area contributed by atoms with E-state index in [0.29, 0.717) is 13.1 Å². The first-order valence-corrected chi connectivity index (χ1v) is 7.69. The number of halogens is 1. The van der Waals surface area contributed by atoms with Crippen LogP contribution in [0.5, 0.6) is 0 Å². The standard InChI is InChI=1S/C13H21N7S.HI/c1-5-14-13(15-6-11-17-8-18-20(11)4)16-7-12-19-9(2)10(3)21-12;/h8H,5-7H2,1-4H3,(H2,14,15,16);1H. The molecule has 0 saturated carbocycles. The molecule has 2 aromatic rings. The molecule has 7 nitrogen and oxygen atoms in total. The zero-order chi connectivity index (χ0) is 15.2. The molecule has 9 heteroatoms. The summed E-state index contributed by atoms with van der Waals surface area (Å²) in [5.41, 5.74) is 1.10. The molecule has 0 aliphatic heterocycles. The molecule has 0 fully saturated rings. The van der Waals surface area contributed by atoms with Crippen LogP contribution in [-0.2, 0) is 20.1 Å². The Morgan fingerprint density at radius 1 is 1.36 bits per heavy atom. The van der Waals surface area contributed by atoms with Gasteiger partial charge in [-0.2, -0.15) is 5.10 Å². The smallest absolute Gasteiger partial charge is 0.192 e. The molecule has 0 amide bonds. The number of aromatic nitrogens is 4. The van der Waals surface area contributed by atoms with Crippen LogP contribution in [0.2, 0.25) is 0 Å². The van der Waals surface area contributed by atoms with Crippen LogP contribution in [0.15, 0.2) is 11.3 Å². The molecule has 0 aromatic carbocycles. The number of aryl methyl sites for hydroxylation is 3. The fourth-order valence-corrected chi connectivity index (χ4v) is 2.60. The summed E-state index contributed by atoms with van der Waals surface area (Å²) in [7, 11) is 1.86. The number of nitrogens with one attached hydrogen (secondary N) is 2. The number of aliphatic imine (C=N–C) groups is 1. The summed E-state index contributed by atoms with van der Waals surface area (Å²) in [6.07, 6.45) is 1.53. The van der Waals surface area contributed by atoms with Gasteiger partial charge in [-0.1, -0.05) is 0 Å². The first-order valence-electron chi connectivity index (χ1n) is 6.88. The molecular weight excluding hydrogens is 413 g/mol. The van der Waals surface area contributed by atoms with E-state index in [1.807, 2.05) is 20.9 Å². The Balaban J connectivity index is 0.00000242. The quantitative estimate of drug-likeness (QED) is 0.425. The second-order valence-electron chi connectivity index (χ2n) is 4.60. The van der Waals surface area contributed by atoms with Crippen molar-refractivity contribution in [2.24, 2.45) is 12.0 Å². The van der Waals surface area contributed by atoms with Crippen molar-refractivity contribution in [1.29, 1.82) is 0 Å². The van der Waals surface area contributed by atoms with Gasteiger partial charge in [-0.15, -0.1) is 35.3 Å². The van der Waals surface area contributed by atoms with Crippen LogP contribution in [0, 0.1) is 13.8 Å². The predicted octanol–water partition coefficient (Wildman–Crippen LogP) is 1.76. The Hall–Kier alpha value is -1.23. The lowest BCUT2D eigenvalue weighted by atomic mass is 10.4. The molecule has 0 aliphatic carbocycles. The fourth-order valence-electron chi connectivity index (χ4n) is 1.73. The Morgan fingerprint density at radius 3 is 2.68 bits per heavy atom. The first kappa shape index (κ1) is 18.8. The van der Waals surface area contributed by atoms with E-state index in [2.05, 4.69) is 37.6 Å². The Labute approximate surface area is 151 Å². The van der Waals surface area contributed by atoms with Crippen LogP contribution in [0.25, 0.3) is 0 Å². The lowest BCUT2D eigenvalue weighted by Crippen LogP contribution is -2.36. The highest BCUT2D eigenvalue weighted by atomic mass is 127. The topological polar surface area (TPSA) is 80.0 Å². The molecule has 2 rings (SSSR count). The Bertz CT molecular complexity index is 600. The lowest BCUT2D eigenvalue weighted by Gasteiger charge is -2.09. The molecule has 2 N–H and O–H groups in total. The van der Waals surface area contributed by atoms with Crippen molar-refractivity contribution < 1.29 is 0 Å². The van der Waals surface area contributed by atoms with Gasteiger partial charge in [0.05, 0.1) is 12.2 Å². The van der Waals surface area contributed by atoms with Gasteiger partial charge in [-0.05, 0) is 20.8 Å². The SMILES string of the molecule is CCNC(=NCc1ncnn1C)NCc1nc(C)c(C)s1.I. The molecule has 0 bridgehead atoms. The zero-order valence-corrected chi connectivity index (χ0v) is 16.4. The van der Waals surface area contributed by atoms with Gasteiger partial charge < -0.3 is 10.6 Å². The van der Waals surface area contributed by atoms with Crippen LogP contribution >= 0.6 is 35.3 Å². The molecule has 0 atom stereocenters. The van der Waals surface area contributed by atoms with E-state index in [-0.39, 0.29) is 24.0 Å². The minimum absolute atomic E-state index is 0. The Kier molecular flexibility index (Phi) is 7.73. The van der Waals surface area contributed by atoms with Crippen molar-refractivity contribution in [2.75, 3.05) is 6.54 Å². The van der Waals surface area contributed by atoms with Gasteiger partial charge in [-0.3, -0.25) is 4.68 Å². The van der Waals surface area contributed by atoms with Crippen LogP contribution in [0.3, 0.4) is 0 Å². The van der Waals surface area contributed by atoms with E-state index < -0.39 is 0 Å². The maximum absolute atomic E-state index is 4.51. The molecule has 0 unspecified atom stereocenters. The summed E-state index contributed by atoms with van der Waals surface area (Å²) >= 11 is 1.71. The van der Waals surface area contributed by atoms with Crippen molar-refractivity contribution >= 4 is 41.3 Å². The molecule has 2 heterocycles. The lowest BCUT2D eigenvalue weighted by molar-refractivity contribution is 0.697. The average molecular weight is 435 g/mol.